The number of benzene rings is 2. The van der Waals surface area contributed by atoms with E-state index >= 15 is 0 Å². The summed E-state index contributed by atoms with van der Waals surface area (Å²) in [6, 6.07) is 12.4. The monoisotopic (exact) mass is 342 g/mol. The topological polar surface area (TPSA) is 24.9 Å². The lowest BCUT2D eigenvalue weighted by Gasteiger charge is -2.05. The molecule has 0 bridgehead atoms. The smallest absolute Gasteiger partial charge is 0.187 e. The molecule has 0 unspecified atom stereocenters. The number of rotatable bonds is 3. The number of thiazole rings is 1. The van der Waals surface area contributed by atoms with Gasteiger partial charge in [0.05, 0.1) is 5.69 Å². The van der Waals surface area contributed by atoms with Crippen molar-refractivity contribution in [1.29, 1.82) is 0 Å². The van der Waals surface area contributed by atoms with E-state index in [0.29, 0.717) is 0 Å². The lowest BCUT2D eigenvalue weighted by molar-refractivity contribution is 1.31. The second-order valence-electron chi connectivity index (χ2n) is 5.81. The number of hydrogen-bond acceptors (Lipinski definition) is 3. The van der Waals surface area contributed by atoms with E-state index in [2.05, 4.69) is 44.3 Å². The van der Waals surface area contributed by atoms with Crippen molar-refractivity contribution >= 4 is 33.8 Å². The molecule has 0 saturated heterocycles. The van der Waals surface area contributed by atoms with Crippen LogP contribution in [0.5, 0.6) is 0 Å². The highest BCUT2D eigenvalue weighted by atomic mass is 35.5. The van der Waals surface area contributed by atoms with E-state index in [4.69, 9.17) is 16.6 Å². The van der Waals surface area contributed by atoms with E-state index in [0.717, 1.165) is 32.7 Å². The van der Waals surface area contributed by atoms with Crippen molar-refractivity contribution in [3.63, 3.8) is 0 Å². The van der Waals surface area contributed by atoms with Gasteiger partial charge < -0.3 is 5.32 Å². The van der Waals surface area contributed by atoms with Gasteiger partial charge in [-0.05, 0) is 62.6 Å². The second-order valence-corrected chi connectivity index (χ2v) is 7.42. The minimum atomic E-state index is 0.762. The number of nitrogens with one attached hydrogen (secondary N) is 1. The van der Waals surface area contributed by atoms with Gasteiger partial charge in [-0.25, -0.2) is 4.98 Å². The van der Waals surface area contributed by atoms with Crippen LogP contribution in [-0.2, 0) is 0 Å². The van der Waals surface area contributed by atoms with E-state index in [9.17, 15) is 0 Å². The highest BCUT2D eigenvalue weighted by Gasteiger charge is 2.11. The Morgan fingerprint density at radius 2 is 1.65 bits per heavy atom. The molecule has 0 saturated carbocycles. The molecule has 0 amide bonds. The van der Waals surface area contributed by atoms with E-state index in [1.807, 2.05) is 25.1 Å². The molecular weight excluding hydrogens is 324 g/mol. The van der Waals surface area contributed by atoms with Crippen molar-refractivity contribution < 1.29 is 0 Å². The molecule has 2 aromatic carbocycles. The molecule has 1 heterocycles. The predicted octanol–water partition coefficient (Wildman–Crippen LogP) is 6.44. The zero-order chi connectivity index (χ0) is 16.6. The first kappa shape index (κ1) is 16.0. The van der Waals surface area contributed by atoms with Gasteiger partial charge in [0.2, 0.25) is 0 Å². The van der Waals surface area contributed by atoms with Gasteiger partial charge in [-0.2, -0.15) is 0 Å². The molecule has 3 aromatic rings. The van der Waals surface area contributed by atoms with Crippen molar-refractivity contribution in [2.75, 3.05) is 5.32 Å². The largest absolute Gasteiger partial charge is 0.331 e. The molecule has 0 spiro atoms. The molecule has 118 valence electrons. The van der Waals surface area contributed by atoms with Crippen LogP contribution in [0.2, 0.25) is 5.02 Å². The van der Waals surface area contributed by atoms with E-state index in [1.165, 1.54) is 16.0 Å². The summed E-state index contributed by atoms with van der Waals surface area (Å²) in [5, 5.41) is 5.00. The average Bonchev–Trinajstić information content (AvgIpc) is 2.86. The molecule has 0 aliphatic rings. The third kappa shape index (κ3) is 3.41. The third-order valence-corrected chi connectivity index (χ3v) is 5.29. The molecule has 0 aliphatic carbocycles. The highest BCUT2D eigenvalue weighted by molar-refractivity contribution is 7.16. The minimum absolute atomic E-state index is 0.762. The molecular formula is C19H19ClN2S. The number of halogens is 1. The molecule has 0 fully saturated rings. The van der Waals surface area contributed by atoms with Crippen molar-refractivity contribution in [2.24, 2.45) is 0 Å². The van der Waals surface area contributed by atoms with Crippen LogP contribution in [0.1, 0.15) is 21.6 Å². The summed E-state index contributed by atoms with van der Waals surface area (Å²) >= 11 is 7.85. The van der Waals surface area contributed by atoms with Gasteiger partial charge in [0.1, 0.15) is 0 Å². The van der Waals surface area contributed by atoms with Crippen LogP contribution >= 0.6 is 22.9 Å². The van der Waals surface area contributed by atoms with Crippen LogP contribution in [0.25, 0.3) is 11.3 Å². The minimum Gasteiger partial charge on any atom is -0.331 e. The fourth-order valence-electron chi connectivity index (χ4n) is 2.40. The van der Waals surface area contributed by atoms with Crippen molar-refractivity contribution in [3.05, 3.63) is 63.0 Å². The van der Waals surface area contributed by atoms with Crippen molar-refractivity contribution in [1.82, 2.24) is 4.98 Å². The fraction of sp³-hybridized carbons (Fsp3) is 0.211. The normalized spacial score (nSPS) is 10.8. The summed E-state index contributed by atoms with van der Waals surface area (Å²) in [6.45, 7) is 8.36. The SMILES string of the molecule is Cc1ccc(-c2nc(Nc3ccc(C)c(Cl)c3)sc2C)cc1C. The first-order valence-corrected chi connectivity index (χ1v) is 8.71. The maximum atomic E-state index is 6.19. The quantitative estimate of drug-likeness (QED) is 0.592. The maximum absolute atomic E-state index is 6.19. The lowest BCUT2D eigenvalue weighted by atomic mass is 10.0. The Bertz CT molecular complexity index is 868. The van der Waals surface area contributed by atoms with Crippen molar-refractivity contribution in [3.8, 4) is 11.3 Å². The number of anilines is 2. The summed E-state index contributed by atoms with van der Waals surface area (Å²) in [7, 11) is 0. The molecule has 0 aliphatic heterocycles. The first-order chi connectivity index (χ1) is 10.9. The summed E-state index contributed by atoms with van der Waals surface area (Å²) in [5.41, 5.74) is 6.82. The van der Waals surface area contributed by atoms with Crippen LogP contribution in [0.15, 0.2) is 36.4 Å². The second kappa shape index (κ2) is 6.34. The fourth-order valence-corrected chi connectivity index (χ4v) is 3.44. The number of nitrogens with zero attached hydrogens (tertiary/aromatic N) is 1. The van der Waals surface area contributed by atoms with Gasteiger partial charge in [-0.15, -0.1) is 11.3 Å². The molecule has 3 rings (SSSR count). The lowest BCUT2D eigenvalue weighted by Crippen LogP contribution is -1.90. The Balaban J connectivity index is 1.91. The Morgan fingerprint density at radius 1 is 0.913 bits per heavy atom. The molecule has 4 heteroatoms. The summed E-state index contributed by atoms with van der Waals surface area (Å²) in [5.74, 6) is 0. The highest BCUT2D eigenvalue weighted by Crippen LogP contribution is 2.33. The van der Waals surface area contributed by atoms with Gasteiger partial charge in [-0.1, -0.05) is 29.8 Å². The molecule has 1 aromatic heterocycles. The number of aromatic nitrogens is 1. The van der Waals surface area contributed by atoms with Crippen LogP contribution < -0.4 is 5.32 Å². The van der Waals surface area contributed by atoms with Crippen LogP contribution in [0, 0.1) is 27.7 Å². The number of aryl methyl sites for hydroxylation is 4. The predicted molar refractivity (Wildman–Crippen MR) is 101 cm³/mol. The molecule has 0 radical (unpaired) electrons. The van der Waals surface area contributed by atoms with Crippen LogP contribution in [-0.4, -0.2) is 4.98 Å². The standard InChI is InChI=1S/C19H19ClN2S/c1-11-5-7-15(9-13(11)3)18-14(4)23-19(22-18)21-16-8-6-12(2)17(20)10-16/h5-10H,1-4H3,(H,21,22). The van der Waals surface area contributed by atoms with Crippen LogP contribution in [0.3, 0.4) is 0 Å². The van der Waals surface area contributed by atoms with Gasteiger partial charge in [0, 0.05) is 21.2 Å². The van der Waals surface area contributed by atoms with E-state index in [-0.39, 0.29) is 0 Å². The Hall–Kier alpha value is -1.84. The third-order valence-electron chi connectivity index (χ3n) is 4.00. The van der Waals surface area contributed by atoms with E-state index < -0.39 is 0 Å². The summed E-state index contributed by atoms with van der Waals surface area (Å²) in [6.07, 6.45) is 0. The maximum Gasteiger partial charge on any atom is 0.187 e. The number of hydrogen-bond donors (Lipinski definition) is 1. The molecule has 23 heavy (non-hydrogen) atoms. The van der Waals surface area contributed by atoms with Crippen molar-refractivity contribution in [2.45, 2.75) is 27.7 Å². The van der Waals surface area contributed by atoms with Gasteiger partial charge in [0.25, 0.3) is 0 Å². The van der Waals surface area contributed by atoms with E-state index in [1.54, 1.807) is 11.3 Å². The molecule has 1 N–H and O–H groups in total. The van der Waals surface area contributed by atoms with Crippen LogP contribution in [0.4, 0.5) is 10.8 Å². The zero-order valence-corrected chi connectivity index (χ0v) is 15.3. The first-order valence-electron chi connectivity index (χ1n) is 7.52. The van der Waals surface area contributed by atoms with Gasteiger partial charge in [0.15, 0.2) is 5.13 Å². The Morgan fingerprint density at radius 3 is 2.35 bits per heavy atom. The summed E-state index contributed by atoms with van der Waals surface area (Å²) in [4.78, 5) is 5.97. The zero-order valence-electron chi connectivity index (χ0n) is 13.7. The Labute approximate surface area is 146 Å². The van der Waals surface area contributed by atoms with Gasteiger partial charge in [-0.3, -0.25) is 0 Å². The Kier molecular flexibility index (Phi) is 4.42. The summed E-state index contributed by atoms with van der Waals surface area (Å²) < 4.78 is 0. The van der Waals surface area contributed by atoms with Gasteiger partial charge >= 0.3 is 0 Å². The molecule has 2 nitrogen and oxygen atoms in total. The molecule has 0 atom stereocenters. The average molecular weight is 343 g/mol.